The number of alkyl halides is 4. The molecule has 0 amide bonds. The van der Waals surface area contributed by atoms with E-state index in [0.29, 0.717) is 0 Å². The molecule has 62 valence electrons. The van der Waals surface area contributed by atoms with Crippen LogP contribution >= 0.6 is 22.3 Å². The van der Waals surface area contributed by atoms with Crippen LogP contribution in [0.25, 0.3) is 0 Å². The van der Waals surface area contributed by atoms with E-state index in [1.165, 1.54) is 0 Å². The zero-order valence-electron chi connectivity index (χ0n) is 4.19. The minimum absolute atomic E-state index is 3.32. The zero-order chi connectivity index (χ0) is 8.58. The molecule has 0 aromatic carbocycles. The second-order valence-corrected chi connectivity index (χ2v) is 4.32. The summed E-state index contributed by atoms with van der Waals surface area (Å²) in [6.07, 6.45) is 0. The van der Waals surface area contributed by atoms with Gasteiger partial charge in [-0.2, -0.15) is 8.78 Å². The van der Waals surface area contributed by atoms with Gasteiger partial charge in [0.1, 0.15) is 0 Å². The minimum Gasteiger partial charge on any atom is -0.222 e. The SMILES string of the molecule is O=S(=O)(Cl)C(F)(F)C(F)Cl. The predicted molar refractivity (Wildman–Crippen MR) is 30.5 cm³/mol. The second kappa shape index (κ2) is 2.75. The van der Waals surface area contributed by atoms with Gasteiger partial charge in [-0.05, 0) is 0 Å². The van der Waals surface area contributed by atoms with Gasteiger partial charge < -0.3 is 0 Å². The van der Waals surface area contributed by atoms with Crippen molar-refractivity contribution in [2.75, 3.05) is 0 Å². The topological polar surface area (TPSA) is 34.1 Å². The third-order valence-corrected chi connectivity index (χ3v) is 2.46. The molecule has 0 aromatic rings. The van der Waals surface area contributed by atoms with Crippen LogP contribution < -0.4 is 0 Å². The number of halogens is 5. The third kappa shape index (κ3) is 1.90. The van der Waals surface area contributed by atoms with E-state index in [4.69, 9.17) is 0 Å². The summed E-state index contributed by atoms with van der Waals surface area (Å²) < 4.78 is 54.8. The van der Waals surface area contributed by atoms with E-state index in [1.807, 2.05) is 0 Å². The Hall–Kier alpha value is 0.320. The number of hydrogen-bond acceptors (Lipinski definition) is 2. The van der Waals surface area contributed by atoms with Crippen molar-refractivity contribution in [3.05, 3.63) is 0 Å². The molecule has 0 bridgehead atoms. The average molecular weight is 217 g/mol. The van der Waals surface area contributed by atoms with Gasteiger partial charge in [-0.25, -0.2) is 12.8 Å². The summed E-state index contributed by atoms with van der Waals surface area (Å²) in [7, 11) is -1.15. The van der Waals surface area contributed by atoms with Gasteiger partial charge in [-0.15, -0.1) is 0 Å². The highest BCUT2D eigenvalue weighted by molar-refractivity contribution is 8.14. The van der Waals surface area contributed by atoms with Crippen molar-refractivity contribution in [2.45, 2.75) is 10.9 Å². The van der Waals surface area contributed by atoms with Crippen molar-refractivity contribution >= 4 is 31.3 Å². The lowest BCUT2D eigenvalue weighted by molar-refractivity contribution is 0.0447. The standard InChI is InChI=1S/C2HCl2F3O2S/c3-1(5)2(6,7)10(4,8)9/h1H. The monoisotopic (exact) mass is 216 g/mol. The van der Waals surface area contributed by atoms with Crippen LogP contribution in [0.15, 0.2) is 0 Å². The Bertz CT molecular complexity index is 211. The molecule has 0 aromatic heterocycles. The fourth-order valence-corrected chi connectivity index (χ4v) is 1.04. The van der Waals surface area contributed by atoms with Gasteiger partial charge >= 0.3 is 14.3 Å². The second-order valence-electron chi connectivity index (χ2n) is 1.30. The van der Waals surface area contributed by atoms with Crippen LogP contribution in [0.4, 0.5) is 13.2 Å². The third-order valence-electron chi connectivity index (χ3n) is 0.579. The van der Waals surface area contributed by atoms with E-state index >= 15 is 0 Å². The van der Waals surface area contributed by atoms with E-state index < -0.39 is 19.9 Å². The maximum atomic E-state index is 11.8. The Morgan fingerprint density at radius 1 is 1.40 bits per heavy atom. The van der Waals surface area contributed by atoms with Crippen LogP contribution in [0, 0.1) is 0 Å². The number of rotatable bonds is 2. The molecule has 0 aliphatic heterocycles. The summed E-state index contributed by atoms with van der Waals surface area (Å²) in [5, 5.41) is -4.73. The first-order valence-electron chi connectivity index (χ1n) is 1.79. The molecule has 0 saturated heterocycles. The first-order valence-corrected chi connectivity index (χ1v) is 4.54. The molecule has 0 saturated carbocycles. The molecule has 0 rings (SSSR count). The van der Waals surface area contributed by atoms with E-state index in [2.05, 4.69) is 22.3 Å². The van der Waals surface area contributed by atoms with Gasteiger partial charge in [0, 0.05) is 10.7 Å². The Morgan fingerprint density at radius 2 is 1.70 bits per heavy atom. The highest BCUT2D eigenvalue weighted by Gasteiger charge is 2.51. The van der Waals surface area contributed by atoms with Crippen molar-refractivity contribution in [3.8, 4) is 0 Å². The molecule has 0 spiro atoms. The summed E-state index contributed by atoms with van der Waals surface area (Å²) >= 11 is 4.17. The molecule has 0 aliphatic carbocycles. The Labute approximate surface area is 64.3 Å². The number of hydrogen-bond donors (Lipinski definition) is 0. The average Bonchev–Trinajstić information content (AvgIpc) is 1.62. The lowest BCUT2D eigenvalue weighted by atomic mass is 10.8. The molecular weight excluding hydrogens is 216 g/mol. The lowest BCUT2D eigenvalue weighted by Gasteiger charge is -2.10. The molecule has 8 heteroatoms. The zero-order valence-corrected chi connectivity index (χ0v) is 6.52. The molecule has 0 radical (unpaired) electrons. The fraction of sp³-hybridized carbons (Fsp3) is 1.00. The van der Waals surface area contributed by atoms with Crippen LogP contribution in [0.2, 0.25) is 0 Å². The van der Waals surface area contributed by atoms with Crippen molar-refractivity contribution in [2.24, 2.45) is 0 Å². The smallest absolute Gasteiger partial charge is 0.222 e. The van der Waals surface area contributed by atoms with E-state index in [0.717, 1.165) is 0 Å². The minimum atomic E-state index is -5.27. The van der Waals surface area contributed by atoms with Gasteiger partial charge in [0.15, 0.2) is 0 Å². The van der Waals surface area contributed by atoms with Gasteiger partial charge in [-0.1, -0.05) is 11.6 Å². The molecule has 0 fully saturated rings. The van der Waals surface area contributed by atoms with E-state index in [9.17, 15) is 21.6 Å². The van der Waals surface area contributed by atoms with Crippen LogP contribution in [0.1, 0.15) is 0 Å². The van der Waals surface area contributed by atoms with E-state index in [1.54, 1.807) is 0 Å². The predicted octanol–water partition coefficient (Wildman–Crippen LogP) is 1.68. The fourth-order valence-electron chi connectivity index (χ4n) is 0.106. The normalized spacial score (nSPS) is 16.9. The summed E-state index contributed by atoms with van der Waals surface area (Å²) in [6, 6.07) is 0. The Morgan fingerprint density at radius 3 is 1.70 bits per heavy atom. The molecule has 1 unspecified atom stereocenters. The van der Waals surface area contributed by atoms with Gasteiger partial charge in [0.05, 0.1) is 0 Å². The van der Waals surface area contributed by atoms with Crippen LogP contribution in [0.5, 0.6) is 0 Å². The largest absolute Gasteiger partial charge is 0.403 e. The summed E-state index contributed by atoms with van der Waals surface area (Å²) in [6.45, 7) is 0. The quantitative estimate of drug-likeness (QED) is 0.520. The van der Waals surface area contributed by atoms with Crippen molar-refractivity contribution in [1.29, 1.82) is 0 Å². The Balaban J connectivity index is 4.76. The highest BCUT2D eigenvalue weighted by Crippen LogP contribution is 2.33. The van der Waals surface area contributed by atoms with E-state index in [-0.39, 0.29) is 0 Å². The van der Waals surface area contributed by atoms with Crippen LogP contribution in [-0.2, 0) is 9.05 Å². The van der Waals surface area contributed by atoms with Gasteiger partial charge in [-0.3, -0.25) is 0 Å². The first-order chi connectivity index (χ1) is 4.19. The van der Waals surface area contributed by atoms with Crippen molar-refractivity contribution in [3.63, 3.8) is 0 Å². The summed E-state index contributed by atoms with van der Waals surface area (Å²) in [5.41, 5.74) is -3.32. The van der Waals surface area contributed by atoms with Crippen molar-refractivity contribution < 1.29 is 21.6 Å². The summed E-state index contributed by atoms with van der Waals surface area (Å²) in [5.74, 6) is 0. The van der Waals surface area contributed by atoms with Gasteiger partial charge in [0.2, 0.25) is 0 Å². The molecule has 2 nitrogen and oxygen atoms in total. The van der Waals surface area contributed by atoms with Gasteiger partial charge in [0.25, 0.3) is 5.63 Å². The Kier molecular flexibility index (Phi) is 2.84. The molecule has 0 N–H and O–H groups in total. The highest BCUT2D eigenvalue weighted by atomic mass is 35.7. The van der Waals surface area contributed by atoms with Crippen LogP contribution in [0.3, 0.4) is 0 Å². The molecule has 1 atom stereocenters. The lowest BCUT2D eigenvalue weighted by Crippen LogP contribution is -2.32. The van der Waals surface area contributed by atoms with Crippen LogP contribution in [-0.4, -0.2) is 19.3 Å². The summed E-state index contributed by atoms with van der Waals surface area (Å²) in [4.78, 5) is 0. The maximum absolute atomic E-state index is 11.8. The molecular formula is C2HCl2F3O2S. The molecule has 0 aliphatic rings. The first kappa shape index (κ1) is 10.3. The maximum Gasteiger partial charge on any atom is 0.403 e. The molecule has 10 heavy (non-hydrogen) atoms. The molecule has 0 heterocycles. The van der Waals surface area contributed by atoms with Crippen molar-refractivity contribution in [1.82, 2.24) is 0 Å².